The number of nitrogens with zero attached hydrogens (tertiary/aromatic N) is 2. The van der Waals surface area contributed by atoms with E-state index in [0.29, 0.717) is 22.0 Å². The summed E-state index contributed by atoms with van der Waals surface area (Å²) in [5.41, 5.74) is 4.43. The van der Waals surface area contributed by atoms with Crippen LogP contribution in [0.5, 0.6) is 0 Å². The molecule has 1 saturated heterocycles. The predicted molar refractivity (Wildman–Crippen MR) is 154 cm³/mol. The van der Waals surface area contributed by atoms with E-state index in [0.717, 1.165) is 22.0 Å². The maximum Gasteiger partial charge on any atom is 0.270 e. The normalized spacial score (nSPS) is 14.8. The molecule has 2 N–H and O–H groups in total. The van der Waals surface area contributed by atoms with Crippen LogP contribution >= 0.6 is 23.8 Å². The fourth-order valence-electron chi connectivity index (χ4n) is 4.40. The second-order valence-corrected chi connectivity index (χ2v) is 9.86. The molecule has 9 heteroatoms. The van der Waals surface area contributed by atoms with Crippen LogP contribution in [-0.2, 0) is 20.9 Å². The number of aromatic nitrogens is 1. The number of para-hydroxylation sites is 1. The van der Waals surface area contributed by atoms with E-state index >= 15 is 0 Å². The van der Waals surface area contributed by atoms with Crippen LogP contribution < -0.4 is 15.5 Å². The maximum atomic E-state index is 13.6. The molecule has 7 nitrogen and oxygen atoms in total. The molecule has 3 aromatic carbocycles. The molecule has 190 valence electrons. The highest BCUT2D eigenvalue weighted by molar-refractivity contribution is 7.80. The largest absolute Gasteiger partial charge is 0.337 e. The first kappa shape index (κ1) is 25.4. The summed E-state index contributed by atoms with van der Waals surface area (Å²) >= 11 is 11.3. The van der Waals surface area contributed by atoms with E-state index in [-0.39, 0.29) is 23.1 Å². The number of hydrogen-bond acceptors (Lipinski definition) is 4. The number of hydrogen-bond donors (Lipinski definition) is 2. The molecule has 3 amide bonds. The Morgan fingerprint density at radius 1 is 1.05 bits per heavy atom. The van der Waals surface area contributed by atoms with E-state index in [1.807, 2.05) is 56.3 Å². The van der Waals surface area contributed by atoms with Gasteiger partial charge in [0.2, 0.25) is 5.91 Å². The smallest absolute Gasteiger partial charge is 0.270 e. The number of nitrogens with one attached hydrogen (secondary N) is 2. The molecule has 1 aliphatic heterocycles. The van der Waals surface area contributed by atoms with Crippen molar-refractivity contribution in [1.29, 1.82) is 0 Å². The van der Waals surface area contributed by atoms with Crippen molar-refractivity contribution in [2.45, 2.75) is 20.4 Å². The van der Waals surface area contributed by atoms with E-state index in [1.54, 1.807) is 41.1 Å². The van der Waals surface area contributed by atoms with Crippen molar-refractivity contribution in [3.63, 3.8) is 0 Å². The molecule has 0 spiro atoms. The summed E-state index contributed by atoms with van der Waals surface area (Å²) in [5, 5.41) is 6.91. The molecule has 0 aliphatic carbocycles. The molecule has 1 aromatic heterocycles. The Morgan fingerprint density at radius 2 is 1.79 bits per heavy atom. The second kappa shape index (κ2) is 10.2. The lowest BCUT2D eigenvalue weighted by molar-refractivity contribution is -0.122. The van der Waals surface area contributed by atoms with Gasteiger partial charge in [0.05, 0.1) is 5.69 Å². The molecule has 1 fully saturated rings. The number of fused-ring (bicyclic) bond motifs is 1. The molecule has 4 aromatic rings. The lowest BCUT2D eigenvalue weighted by atomic mass is 10.0. The van der Waals surface area contributed by atoms with Gasteiger partial charge in [0, 0.05) is 33.4 Å². The van der Waals surface area contributed by atoms with Crippen LogP contribution in [0.4, 0.5) is 11.4 Å². The highest BCUT2D eigenvalue weighted by atomic mass is 35.5. The van der Waals surface area contributed by atoms with Gasteiger partial charge in [-0.05, 0) is 79.7 Å². The Morgan fingerprint density at radius 3 is 2.55 bits per heavy atom. The first-order chi connectivity index (χ1) is 18.2. The van der Waals surface area contributed by atoms with Gasteiger partial charge in [-0.15, -0.1) is 0 Å². The van der Waals surface area contributed by atoms with Gasteiger partial charge in [0.1, 0.15) is 12.1 Å². The van der Waals surface area contributed by atoms with Gasteiger partial charge >= 0.3 is 0 Å². The molecule has 0 radical (unpaired) electrons. The average molecular weight is 543 g/mol. The van der Waals surface area contributed by atoms with E-state index in [4.69, 9.17) is 23.8 Å². The minimum atomic E-state index is -0.570. The van der Waals surface area contributed by atoms with Crippen molar-refractivity contribution in [1.82, 2.24) is 9.88 Å². The Balaban J connectivity index is 1.49. The number of carbonyl (C=O) groups is 3. The average Bonchev–Trinajstić information content (AvgIpc) is 3.22. The third-order valence-electron chi connectivity index (χ3n) is 6.27. The number of benzene rings is 3. The number of anilines is 2. The lowest BCUT2D eigenvalue weighted by Gasteiger charge is -2.30. The zero-order valence-electron chi connectivity index (χ0n) is 20.6. The molecular formula is C29H23ClN4O3S. The van der Waals surface area contributed by atoms with Crippen LogP contribution in [-0.4, -0.2) is 27.4 Å². The highest BCUT2D eigenvalue weighted by Gasteiger charge is 2.35. The van der Waals surface area contributed by atoms with E-state index in [9.17, 15) is 14.4 Å². The number of aryl methyl sites for hydroxylation is 2. The number of halogens is 1. The number of rotatable bonds is 5. The van der Waals surface area contributed by atoms with Gasteiger partial charge < -0.3 is 9.88 Å². The van der Waals surface area contributed by atoms with Crippen LogP contribution in [0.3, 0.4) is 0 Å². The summed E-state index contributed by atoms with van der Waals surface area (Å²) in [6, 6.07) is 20.1. The van der Waals surface area contributed by atoms with Crippen molar-refractivity contribution in [2.24, 2.45) is 0 Å². The van der Waals surface area contributed by atoms with Gasteiger partial charge in [0.15, 0.2) is 5.11 Å². The first-order valence-corrected chi connectivity index (χ1v) is 12.6. The summed E-state index contributed by atoms with van der Waals surface area (Å²) in [6.45, 7) is 3.84. The molecule has 0 bridgehead atoms. The van der Waals surface area contributed by atoms with E-state index in [1.165, 1.54) is 4.90 Å². The molecule has 5 rings (SSSR count). The molecule has 0 unspecified atom stereocenters. The Labute approximate surface area is 229 Å². The number of thiocarbonyl (C=S) groups is 1. The van der Waals surface area contributed by atoms with Crippen LogP contribution in [0.25, 0.3) is 17.0 Å². The van der Waals surface area contributed by atoms with Gasteiger partial charge in [-0.2, -0.15) is 0 Å². The minimum absolute atomic E-state index is 0.0329. The molecule has 0 saturated carbocycles. The van der Waals surface area contributed by atoms with Crippen molar-refractivity contribution in [3.05, 3.63) is 100 Å². The van der Waals surface area contributed by atoms with Crippen molar-refractivity contribution < 1.29 is 14.4 Å². The van der Waals surface area contributed by atoms with Gasteiger partial charge in [-0.3, -0.25) is 24.6 Å². The molecule has 38 heavy (non-hydrogen) atoms. The zero-order valence-corrected chi connectivity index (χ0v) is 22.2. The summed E-state index contributed by atoms with van der Waals surface area (Å²) in [5.74, 6) is -1.31. The van der Waals surface area contributed by atoms with Gasteiger partial charge in [-0.1, -0.05) is 41.9 Å². The minimum Gasteiger partial charge on any atom is -0.337 e. The first-order valence-electron chi connectivity index (χ1n) is 11.8. The van der Waals surface area contributed by atoms with Crippen LogP contribution in [0.2, 0.25) is 5.02 Å². The topological polar surface area (TPSA) is 83.4 Å². The lowest BCUT2D eigenvalue weighted by Crippen LogP contribution is -2.54. The van der Waals surface area contributed by atoms with Crippen LogP contribution in [0, 0.1) is 13.8 Å². The maximum absolute atomic E-state index is 13.6. The van der Waals surface area contributed by atoms with Gasteiger partial charge in [-0.25, -0.2) is 0 Å². The Bertz CT molecular complexity index is 1660. The summed E-state index contributed by atoms with van der Waals surface area (Å²) in [6.07, 6.45) is 3.31. The third-order valence-corrected chi connectivity index (χ3v) is 6.81. The number of amides is 3. The Hall–Kier alpha value is -4.27. The monoisotopic (exact) mass is 542 g/mol. The third kappa shape index (κ3) is 4.96. The number of carbonyl (C=O) groups excluding carboxylic acids is 3. The van der Waals surface area contributed by atoms with Crippen molar-refractivity contribution in [3.8, 4) is 0 Å². The zero-order chi connectivity index (χ0) is 27.0. The SMILES string of the molecule is Cc1ccc(C)c(N2C(=O)/C(=C/c3cn(CC(=O)Nc4ccc(Cl)cc4)c4ccccc34)C(=O)NC2=S)c1. The molecular weight excluding hydrogens is 520 g/mol. The summed E-state index contributed by atoms with van der Waals surface area (Å²) in [4.78, 5) is 40.6. The van der Waals surface area contributed by atoms with E-state index in [2.05, 4.69) is 10.6 Å². The van der Waals surface area contributed by atoms with Crippen molar-refractivity contribution >= 4 is 75.0 Å². The van der Waals surface area contributed by atoms with E-state index < -0.39 is 11.8 Å². The summed E-state index contributed by atoms with van der Waals surface area (Å²) in [7, 11) is 0. The molecule has 1 aliphatic rings. The molecule has 0 atom stereocenters. The fourth-order valence-corrected chi connectivity index (χ4v) is 4.80. The fraction of sp³-hybridized carbons (Fsp3) is 0.103. The standard InChI is InChI=1S/C29H23ClN4O3S/c1-17-7-8-18(2)25(13-17)34-28(37)23(27(36)32-29(34)38)14-19-15-33(24-6-4-3-5-22(19)24)16-26(35)31-21-11-9-20(30)10-12-21/h3-15H,16H2,1-2H3,(H,31,35)(H,32,36,38)/b23-14+. The van der Waals surface area contributed by atoms with Crippen molar-refractivity contribution in [2.75, 3.05) is 10.2 Å². The van der Waals surface area contributed by atoms with Gasteiger partial charge in [0.25, 0.3) is 11.8 Å². The quantitative estimate of drug-likeness (QED) is 0.201. The second-order valence-electron chi connectivity index (χ2n) is 9.03. The predicted octanol–water partition coefficient (Wildman–Crippen LogP) is 5.38. The summed E-state index contributed by atoms with van der Waals surface area (Å²) < 4.78 is 1.78. The molecule has 2 heterocycles. The highest BCUT2D eigenvalue weighted by Crippen LogP contribution is 2.29. The Kier molecular flexibility index (Phi) is 6.84. The van der Waals surface area contributed by atoms with Crippen LogP contribution in [0.1, 0.15) is 16.7 Å². The van der Waals surface area contributed by atoms with Crippen LogP contribution in [0.15, 0.2) is 78.5 Å².